The molecule has 0 saturated heterocycles. The summed E-state index contributed by atoms with van der Waals surface area (Å²) < 4.78 is 100. The first-order chi connectivity index (χ1) is 20.7. The van der Waals surface area contributed by atoms with Crippen LogP contribution < -0.4 is 13.8 Å². The highest BCUT2D eigenvalue weighted by molar-refractivity contribution is 7.93. The van der Waals surface area contributed by atoms with Crippen LogP contribution in [0.5, 0.6) is 11.6 Å². The molecule has 0 saturated carbocycles. The third-order valence-corrected chi connectivity index (χ3v) is 8.53. The summed E-state index contributed by atoms with van der Waals surface area (Å²) in [5, 5.41) is 9.78. The van der Waals surface area contributed by atoms with Gasteiger partial charge in [0.2, 0.25) is 5.88 Å². The van der Waals surface area contributed by atoms with Crippen LogP contribution in [-0.2, 0) is 25.7 Å². The summed E-state index contributed by atoms with van der Waals surface area (Å²) in [7, 11) is -3.66. The van der Waals surface area contributed by atoms with Crippen molar-refractivity contribution in [2.45, 2.75) is 43.0 Å². The van der Waals surface area contributed by atoms with E-state index >= 15 is 0 Å². The number of aliphatic hydroxyl groups excluding tert-OH is 1. The zero-order valence-electron chi connectivity index (χ0n) is 23.3. The Kier molecular flexibility index (Phi) is 10.1. The Morgan fingerprint density at radius 1 is 1.25 bits per heavy atom. The standard InChI is InChI=1S/C29H27ClF4N2O7S/c1-17(37)16-42-28-26(13-19(14-35-28)29(32,33)34)44(39,40)36-15-20(8-11-27(38)41-2)43-25-10-7-18(12-24(25)36)6-9-21-22(30)4-3-5-23(21)31/h3-7,9-10,12-14,17,20,37H,8,11,15-16H2,1-2H3/b9-6+/t17-,20-/m0/s1. The molecular weight excluding hydrogens is 632 g/mol. The van der Waals surface area contributed by atoms with E-state index in [-0.39, 0.29) is 34.9 Å². The number of carbonyl (C=O) groups is 1. The van der Waals surface area contributed by atoms with Crippen molar-refractivity contribution in [2.75, 3.05) is 24.6 Å². The highest BCUT2D eigenvalue weighted by Gasteiger charge is 2.40. The van der Waals surface area contributed by atoms with Crippen LogP contribution in [0.15, 0.2) is 53.6 Å². The van der Waals surface area contributed by atoms with E-state index in [4.69, 9.17) is 21.1 Å². The van der Waals surface area contributed by atoms with Gasteiger partial charge in [0.15, 0.2) is 4.90 Å². The molecule has 236 valence electrons. The van der Waals surface area contributed by atoms with E-state index in [1.54, 1.807) is 6.07 Å². The summed E-state index contributed by atoms with van der Waals surface area (Å²) in [6, 6.07) is 8.95. The van der Waals surface area contributed by atoms with Crippen molar-refractivity contribution in [3.05, 3.63) is 76.2 Å². The molecule has 0 spiro atoms. The molecule has 0 amide bonds. The predicted molar refractivity (Wildman–Crippen MR) is 153 cm³/mol. The summed E-state index contributed by atoms with van der Waals surface area (Å²) in [6.07, 6.45) is -3.71. The fourth-order valence-electron chi connectivity index (χ4n) is 4.24. The minimum Gasteiger partial charge on any atom is -0.486 e. The van der Waals surface area contributed by atoms with Crippen molar-refractivity contribution in [3.63, 3.8) is 0 Å². The number of methoxy groups -OCH3 is 1. The lowest BCUT2D eigenvalue weighted by molar-refractivity contribution is -0.141. The van der Waals surface area contributed by atoms with Gasteiger partial charge >= 0.3 is 12.1 Å². The van der Waals surface area contributed by atoms with Gasteiger partial charge in [-0.2, -0.15) is 13.2 Å². The van der Waals surface area contributed by atoms with E-state index in [0.717, 1.165) is 4.31 Å². The molecule has 0 aliphatic carbocycles. The number of esters is 1. The van der Waals surface area contributed by atoms with Crippen LogP contribution in [0, 0.1) is 5.82 Å². The number of rotatable bonds is 10. The Balaban J connectivity index is 1.82. The van der Waals surface area contributed by atoms with E-state index in [0.29, 0.717) is 17.8 Å². The molecule has 1 N–H and O–H groups in total. The van der Waals surface area contributed by atoms with Gasteiger partial charge in [-0.1, -0.05) is 29.8 Å². The Morgan fingerprint density at radius 2 is 2.00 bits per heavy atom. The molecule has 0 radical (unpaired) electrons. The Labute approximate surface area is 255 Å². The van der Waals surface area contributed by atoms with E-state index in [2.05, 4.69) is 9.72 Å². The number of hydrogen-bond donors (Lipinski definition) is 1. The van der Waals surface area contributed by atoms with Gasteiger partial charge in [-0.3, -0.25) is 9.10 Å². The van der Waals surface area contributed by atoms with E-state index in [1.807, 2.05) is 0 Å². The zero-order chi connectivity index (χ0) is 32.2. The Hall–Kier alpha value is -3.88. The third kappa shape index (κ3) is 7.60. The van der Waals surface area contributed by atoms with Gasteiger partial charge < -0.3 is 19.3 Å². The monoisotopic (exact) mass is 658 g/mol. The number of fused-ring (bicyclic) bond motifs is 1. The third-order valence-electron chi connectivity index (χ3n) is 6.43. The number of nitrogens with zero attached hydrogens (tertiary/aromatic N) is 2. The van der Waals surface area contributed by atoms with Crippen molar-refractivity contribution in [1.82, 2.24) is 4.98 Å². The number of ether oxygens (including phenoxy) is 3. The van der Waals surface area contributed by atoms with Crippen molar-refractivity contribution in [1.29, 1.82) is 0 Å². The topological polar surface area (TPSA) is 115 Å². The number of hydrogen-bond acceptors (Lipinski definition) is 8. The highest BCUT2D eigenvalue weighted by atomic mass is 35.5. The van der Waals surface area contributed by atoms with Crippen molar-refractivity contribution in [3.8, 4) is 11.6 Å². The van der Waals surface area contributed by atoms with E-state index < -0.39 is 69.7 Å². The zero-order valence-corrected chi connectivity index (χ0v) is 24.9. The number of alkyl halides is 3. The highest BCUT2D eigenvalue weighted by Crippen LogP contribution is 2.41. The van der Waals surface area contributed by atoms with Gasteiger partial charge in [0.25, 0.3) is 10.0 Å². The minimum atomic E-state index is -4.93. The predicted octanol–water partition coefficient (Wildman–Crippen LogP) is 5.73. The number of benzene rings is 2. The summed E-state index contributed by atoms with van der Waals surface area (Å²) in [6.45, 7) is 0.493. The second-order valence-electron chi connectivity index (χ2n) is 9.77. The Bertz CT molecular complexity index is 1650. The number of carbonyl (C=O) groups excluding carboxylic acids is 1. The second-order valence-corrected chi connectivity index (χ2v) is 12.0. The second kappa shape index (κ2) is 13.4. The quantitative estimate of drug-likeness (QED) is 0.167. The molecule has 0 unspecified atom stereocenters. The van der Waals surface area contributed by atoms with Gasteiger partial charge in [0, 0.05) is 18.2 Å². The molecular formula is C29H27ClF4N2O7S. The molecule has 2 aromatic carbocycles. The van der Waals surface area contributed by atoms with Crippen LogP contribution in [0.3, 0.4) is 0 Å². The van der Waals surface area contributed by atoms with Crippen molar-refractivity contribution < 1.29 is 50.1 Å². The van der Waals surface area contributed by atoms with Crippen LogP contribution >= 0.6 is 11.6 Å². The van der Waals surface area contributed by atoms with Gasteiger partial charge in [-0.05, 0) is 55.3 Å². The maximum atomic E-state index is 14.3. The van der Waals surface area contributed by atoms with Crippen LogP contribution in [0.2, 0.25) is 5.02 Å². The average Bonchev–Trinajstić information content (AvgIpc) is 2.97. The molecule has 2 heterocycles. The van der Waals surface area contributed by atoms with E-state index in [9.17, 15) is 35.9 Å². The van der Waals surface area contributed by atoms with Gasteiger partial charge in [-0.15, -0.1) is 0 Å². The van der Waals surface area contributed by atoms with Crippen LogP contribution in [0.25, 0.3) is 12.2 Å². The summed E-state index contributed by atoms with van der Waals surface area (Å²) in [5.74, 6) is -1.75. The number of aromatic nitrogens is 1. The van der Waals surface area contributed by atoms with Gasteiger partial charge in [0.05, 0.1) is 36.0 Å². The SMILES string of the molecule is COC(=O)CC[C@H]1CN(S(=O)(=O)c2cc(C(F)(F)F)cnc2OC[C@H](C)O)c2cc(/C=C/c3c(F)cccc3Cl)ccc2O1. The molecule has 2 atom stereocenters. The lowest BCUT2D eigenvalue weighted by Gasteiger charge is -2.36. The number of aliphatic hydroxyl groups is 1. The summed E-state index contributed by atoms with van der Waals surface area (Å²) >= 11 is 6.10. The van der Waals surface area contributed by atoms with Crippen molar-refractivity contribution in [2.24, 2.45) is 0 Å². The molecule has 0 bridgehead atoms. The normalized spacial score (nSPS) is 15.9. The molecule has 1 aliphatic heterocycles. The fraction of sp³-hybridized carbons (Fsp3) is 0.310. The molecule has 4 rings (SSSR count). The molecule has 15 heteroatoms. The number of sulfonamides is 1. The first kappa shape index (κ1) is 33.0. The average molecular weight is 659 g/mol. The number of halogens is 5. The summed E-state index contributed by atoms with van der Waals surface area (Å²) in [4.78, 5) is 14.5. The van der Waals surface area contributed by atoms with Crippen LogP contribution in [-0.4, -0.2) is 56.9 Å². The first-order valence-corrected chi connectivity index (χ1v) is 14.9. The van der Waals surface area contributed by atoms with Crippen LogP contribution in [0.1, 0.15) is 36.5 Å². The lowest BCUT2D eigenvalue weighted by Crippen LogP contribution is -2.44. The number of anilines is 1. The first-order valence-electron chi connectivity index (χ1n) is 13.1. The van der Waals surface area contributed by atoms with Gasteiger partial charge in [-0.25, -0.2) is 17.8 Å². The number of pyridine rings is 1. The lowest BCUT2D eigenvalue weighted by atomic mass is 10.1. The van der Waals surface area contributed by atoms with Crippen LogP contribution in [0.4, 0.5) is 23.2 Å². The smallest absolute Gasteiger partial charge is 0.417 e. The molecule has 3 aromatic rings. The largest absolute Gasteiger partial charge is 0.486 e. The maximum Gasteiger partial charge on any atom is 0.417 e. The fourth-order valence-corrected chi connectivity index (χ4v) is 6.08. The van der Waals surface area contributed by atoms with Crippen molar-refractivity contribution >= 4 is 45.4 Å². The maximum absolute atomic E-state index is 14.3. The Morgan fingerprint density at radius 3 is 2.66 bits per heavy atom. The molecule has 1 aliphatic rings. The molecule has 1 aromatic heterocycles. The molecule has 9 nitrogen and oxygen atoms in total. The molecule has 0 fully saturated rings. The minimum absolute atomic E-state index is 0.0256. The molecule has 44 heavy (non-hydrogen) atoms. The van der Waals surface area contributed by atoms with E-state index in [1.165, 1.54) is 56.5 Å². The van der Waals surface area contributed by atoms with Gasteiger partial charge in [0.1, 0.15) is 24.3 Å². The summed E-state index contributed by atoms with van der Waals surface area (Å²) in [5.41, 5.74) is -0.910.